The SMILES string of the molecule is CN(Cc1ccc(Cl)cc1)c1nccc(N2CCOCC2)n1. The van der Waals surface area contributed by atoms with Gasteiger partial charge in [0.05, 0.1) is 13.2 Å². The van der Waals surface area contributed by atoms with Crippen molar-refractivity contribution in [2.75, 3.05) is 43.2 Å². The van der Waals surface area contributed by atoms with Crippen LogP contribution in [0.25, 0.3) is 0 Å². The molecule has 0 aliphatic carbocycles. The predicted octanol–water partition coefficient (Wildman–Crippen LogP) is 2.60. The summed E-state index contributed by atoms with van der Waals surface area (Å²) in [6, 6.07) is 9.78. The number of halogens is 1. The number of benzene rings is 1. The van der Waals surface area contributed by atoms with Crippen molar-refractivity contribution in [1.82, 2.24) is 9.97 Å². The fourth-order valence-corrected chi connectivity index (χ4v) is 2.55. The van der Waals surface area contributed by atoms with Crippen LogP contribution < -0.4 is 9.80 Å². The Balaban J connectivity index is 1.71. The molecule has 3 rings (SSSR count). The molecule has 0 bridgehead atoms. The van der Waals surface area contributed by atoms with Crippen LogP contribution in [-0.2, 0) is 11.3 Å². The number of morpholine rings is 1. The van der Waals surface area contributed by atoms with Gasteiger partial charge >= 0.3 is 0 Å². The number of anilines is 2. The summed E-state index contributed by atoms with van der Waals surface area (Å²) in [7, 11) is 1.99. The average Bonchev–Trinajstić information content (AvgIpc) is 2.58. The molecule has 1 fully saturated rings. The van der Waals surface area contributed by atoms with Gasteiger partial charge in [0.25, 0.3) is 0 Å². The van der Waals surface area contributed by atoms with Crippen molar-refractivity contribution in [3.8, 4) is 0 Å². The third-order valence-electron chi connectivity index (χ3n) is 3.64. The van der Waals surface area contributed by atoms with Crippen LogP contribution in [0.1, 0.15) is 5.56 Å². The highest BCUT2D eigenvalue weighted by atomic mass is 35.5. The molecular weight excluding hydrogens is 300 g/mol. The van der Waals surface area contributed by atoms with Crippen molar-refractivity contribution in [3.05, 3.63) is 47.1 Å². The maximum Gasteiger partial charge on any atom is 0.227 e. The molecule has 0 spiro atoms. The summed E-state index contributed by atoms with van der Waals surface area (Å²) in [4.78, 5) is 13.3. The zero-order valence-corrected chi connectivity index (χ0v) is 13.3. The average molecular weight is 319 g/mol. The monoisotopic (exact) mass is 318 g/mol. The Morgan fingerprint density at radius 3 is 2.64 bits per heavy atom. The smallest absolute Gasteiger partial charge is 0.227 e. The van der Waals surface area contributed by atoms with E-state index in [2.05, 4.69) is 14.9 Å². The molecule has 0 radical (unpaired) electrons. The Kier molecular flexibility index (Phi) is 4.75. The van der Waals surface area contributed by atoms with Gasteiger partial charge in [0, 0.05) is 37.9 Å². The van der Waals surface area contributed by atoms with E-state index in [0.717, 1.165) is 49.6 Å². The molecule has 0 saturated carbocycles. The van der Waals surface area contributed by atoms with Crippen LogP contribution in [0.15, 0.2) is 36.5 Å². The molecule has 1 aromatic heterocycles. The molecule has 2 heterocycles. The van der Waals surface area contributed by atoms with E-state index in [1.807, 2.05) is 48.5 Å². The summed E-state index contributed by atoms with van der Waals surface area (Å²) in [5, 5.41) is 0.747. The molecule has 116 valence electrons. The summed E-state index contributed by atoms with van der Waals surface area (Å²) in [5.41, 5.74) is 1.17. The zero-order valence-electron chi connectivity index (χ0n) is 12.6. The van der Waals surface area contributed by atoms with E-state index in [9.17, 15) is 0 Å². The zero-order chi connectivity index (χ0) is 15.4. The van der Waals surface area contributed by atoms with Crippen LogP contribution in [-0.4, -0.2) is 43.3 Å². The molecule has 0 N–H and O–H groups in total. The molecule has 5 nitrogen and oxygen atoms in total. The van der Waals surface area contributed by atoms with Gasteiger partial charge in [-0.1, -0.05) is 23.7 Å². The van der Waals surface area contributed by atoms with E-state index in [4.69, 9.17) is 16.3 Å². The van der Waals surface area contributed by atoms with E-state index < -0.39 is 0 Å². The van der Waals surface area contributed by atoms with Crippen molar-refractivity contribution in [2.24, 2.45) is 0 Å². The van der Waals surface area contributed by atoms with Gasteiger partial charge in [0.2, 0.25) is 5.95 Å². The molecule has 0 unspecified atom stereocenters. The lowest BCUT2D eigenvalue weighted by molar-refractivity contribution is 0.122. The van der Waals surface area contributed by atoms with Crippen LogP contribution in [0.2, 0.25) is 5.02 Å². The first-order valence-corrected chi connectivity index (χ1v) is 7.71. The second-order valence-electron chi connectivity index (χ2n) is 5.30. The molecule has 0 atom stereocenters. The van der Waals surface area contributed by atoms with E-state index in [0.29, 0.717) is 0 Å². The van der Waals surface area contributed by atoms with Gasteiger partial charge in [-0.25, -0.2) is 4.98 Å². The first-order valence-electron chi connectivity index (χ1n) is 7.34. The van der Waals surface area contributed by atoms with E-state index >= 15 is 0 Å². The first-order chi connectivity index (χ1) is 10.7. The molecule has 1 saturated heterocycles. The van der Waals surface area contributed by atoms with Gasteiger partial charge < -0.3 is 14.5 Å². The lowest BCUT2D eigenvalue weighted by Crippen LogP contribution is -2.37. The summed E-state index contributed by atoms with van der Waals surface area (Å²) < 4.78 is 5.38. The van der Waals surface area contributed by atoms with Gasteiger partial charge in [-0.05, 0) is 23.8 Å². The van der Waals surface area contributed by atoms with Gasteiger partial charge in [0.1, 0.15) is 5.82 Å². The maximum atomic E-state index is 5.92. The van der Waals surface area contributed by atoms with Gasteiger partial charge in [-0.2, -0.15) is 4.98 Å². The molecule has 1 aliphatic rings. The topological polar surface area (TPSA) is 41.5 Å². The molecule has 2 aromatic rings. The van der Waals surface area contributed by atoms with E-state index in [1.165, 1.54) is 5.56 Å². The molecule has 22 heavy (non-hydrogen) atoms. The molecule has 1 aliphatic heterocycles. The quantitative estimate of drug-likeness (QED) is 0.867. The van der Waals surface area contributed by atoms with Crippen LogP contribution >= 0.6 is 11.6 Å². The summed E-state index contributed by atoms with van der Waals surface area (Å²) in [6.07, 6.45) is 1.81. The summed E-state index contributed by atoms with van der Waals surface area (Å²) >= 11 is 5.92. The number of hydrogen-bond acceptors (Lipinski definition) is 5. The minimum atomic E-state index is 0.721. The van der Waals surface area contributed by atoms with Crippen LogP contribution in [0.3, 0.4) is 0 Å². The Bertz CT molecular complexity index is 614. The minimum absolute atomic E-state index is 0.721. The minimum Gasteiger partial charge on any atom is -0.378 e. The van der Waals surface area contributed by atoms with Crippen LogP contribution in [0.4, 0.5) is 11.8 Å². The van der Waals surface area contributed by atoms with Gasteiger partial charge in [-0.3, -0.25) is 0 Å². The number of ether oxygens (including phenoxy) is 1. The molecule has 0 amide bonds. The first kappa shape index (κ1) is 15.1. The Hall–Kier alpha value is -1.85. The number of aromatic nitrogens is 2. The van der Waals surface area contributed by atoms with Gasteiger partial charge in [0.15, 0.2) is 0 Å². The fraction of sp³-hybridized carbons (Fsp3) is 0.375. The van der Waals surface area contributed by atoms with Gasteiger partial charge in [-0.15, -0.1) is 0 Å². The predicted molar refractivity (Wildman–Crippen MR) is 88.6 cm³/mol. The third-order valence-corrected chi connectivity index (χ3v) is 3.89. The van der Waals surface area contributed by atoms with Crippen molar-refractivity contribution < 1.29 is 4.74 Å². The Morgan fingerprint density at radius 1 is 1.18 bits per heavy atom. The summed E-state index contributed by atoms with van der Waals surface area (Å²) in [6.45, 7) is 3.98. The highest BCUT2D eigenvalue weighted by molar-refractivity contribution is 6.30. The second kappa shape index (κ2) is 6.94. The maximum absolute atomic E-state index is 5.92. The highest BCUT2D eigenvalue weighted by Crippen LogP contribution is 2.17. The standard InChI is InChI=1S/C16H19ClN4O/c1-20(12-13-2-4-14(17)5-3-13)16-18-7-6-15(19-16)21-8-10-22-11-9-21/h2-7H,8-12H2,1H3. The van der Waals surface area contributed by atoms with Crippen molar-refractivity contribution in [3.63, 3.8) is 0 Å². The fourth-order valence-electron chi connectivity index (χ4n) is 2.43. The lowest BCUT2D eigenvalue weighted by atomic mass is 10.2. The van der Waals surface area contributed by atoms with Crippen LogP contribution in [0.5, 0.6) is 0 Å². The lowest BCUT2D eigenvalue weighted by Gasteiger charge is -2.28. The van der Waals surface area contributed by atoms with E-state index in [-0.39, 0.29) is 0 Å². The highest BCUT2D eigenvalue weighted by Gasteiger charge is 2.14. The largest absolute Gasteiger partial charge is 0.378 e. The number of hydrogen-bond donors (Lipinski definition) is 0. The van der Waals surface area contributed by atoms with Crippen molar-refractivity contribution in [2.45, 2.75) is 6.54 Å². The molecular formula is C16H19ClN4O. The second-order valence-corrected chi connectivity index (χ2v) is 5.73. The van der Waals surface area contributed by atoms with Crippen molar-refractivity contribution >= 4 is 23.4 Å². The Labute approximate surface area is 135 Å². The number of nitrogens with zero attached hydrogens (tertiary/aromatic N) is 4. The van der Waals surface area contributed by atoms with Crippen molar-refractivity contribution in [1.29, 1.82) is 0 Å². The van der Waals surface area contributed by atoms with E-state index in [1.54, 1.807) is 0 Å². The number of rotatable bonds is 4. The third kappa shape index (κ3) is 3.67. The summed E-state index contributed by atoms with van der Waals surface area (Å²) in [5.74, 6) is 1.68. The Morgan fingerprint density at radius 2 is 1.91 bits per heavy atom. The normalized spacial score (nSPS) is 14.9. The molecule has 6 heteroatoms. The molecule has 1 aromatic carbocycles. The van der Waals surface area contributed by atoms with Crippen LogP contribution in [0, 0.1) is 0 Å².